The summed E-state index contributed by atoms with van der Waals surface area (Å²) in [6, 6.07) is 8.14. The van der Waals surface area contributed by atoms with Crippen molar-refractivity contribution in [3.8, 4) is 0 Å². The van der Waals surface area contributed by atoms with Crippen molar-refractivity contribution >= 4 is 22.9 Å². The second kappa shape index (κ2) is 8.24. The highest BCUT2D eigenvalue weighted by Gasteiger charge is 2.21. The summed E-state index contributed by atoms with van der Waals surface area (Å²) in [4.78, 5) is 29.5. The largest absolute Gasteiger partial charge is 0.352 e. The molecule has 1 aliphatic heterocycles. The van der Waals surface area contributed by atoms with Gasteiger partial charge in [-0.2, -0.15) is 0 Å². The molecule has 3 aromatic rings. The van der Waals surface area contributed by atoms with Gasteiger partial charge in [0.15, 0.2) is 0 Å². The number of nitrogens with zero attached hydrogens (tertiary/aromatic N) is 6. The van der Waals surface area contributed by atoms with Crippen molar-refractivity contribution < 1.29 is 4.79 Å². The monoisotopic (exact) mass is 379 g/mol. The molecule has 1 saturated heterocycles. The molecule has 3 heterocycles. The van der Waals surface area contributed by atoms with Crippen molar-refractivity contribution in [3.05, 3.63) is 48.7 Å². The minimum absolute atomic E-state index is 0.00352. The summed E-state index contributed by atoms with van der Waals surface area (Å²) in [5.74, 6) is 1.91. The molecule has 8 nitrogen and oxygen atoms in total. The van der Waals surface area contributed by atoms with Gasteiger partial charge >= 0.3 is 6.03 Å². The lowest BCUT2D eigenvalue weighted by atomic mass is 10.3. The van der Waals surface area contributed by atoms with E-state index in [1.807, 2.05) is 30.1 Å². The molecule has 1 aliphatic rings. The molecule has 0 aliphatic carbocycles. The number of amides is 2. The Bertz CT molecular complexity index is 932. The number of carbonyl (C=O) groups is 1. The van der Waals surface area contributed by atoms with Gasteiger partial charge in [-0.05, 0) is 18.6 Å². The van der Waals surface area contributed by atoms with Crippen LogP contribution in [0.25, 0.3) is 11.0 Å². The molecule has 146 valence electrons. The normalized spacial score (nSPS) is 14.5. The Morgan fingerprint density at radius 1 is 1.14 bits per heavy atom. The highest BCUT2D eigenvalue weighted by Crippen LogP contribution is 2.15. The highest BCUT2D eigenvalue weighted by atomic mass is 16.2. The average Bonchev–Trinajstić information content (AvgIpc) is 3.07. The number of piperazine rings is 1. The Labute approximate surface area is 164 Å². The van der Waals surface area contributed by atoms with Crippen LogP contribution in [-0.4, -0.2) is 63.2 Å². The molecule has 2 amide bonds. The third-order valence-electron chi connectivity index (χ3n) is 5.17. The zero-order chi connectivity index (χ0) is 19.3. The number of aromatic nitrogens is 4. The van der Waals surface area contributed by atoms with Gasteiger partial charge in [0.2, 0.25) is 0 Å². The summed E-state index contributed by atoms with van der Waals surface area (Å²) in [5.41, 5.74) is 2.16. The van der Waals surface area contributed by atoms with Gasteiger partial charge in [-0.25, -0.2) is 14.8 Å². The molecule has 0 unspecified atom stereocenters. The number of para-hydroxylation sites is 2. The molecule has 28 heavy (non-hydrogen) atoms. The molecule has 1 aromatic carbocycles. The summed E-state index contributed by atoms with van der Waals surface area (Å²) in [6.07, 6.45) is 6.82. The first-order valence-electron chi connectivity index (χ1n) is 9.66. The van der Waals surface area contributed by atoms with Gasteiger partial charge in [0, 0.05) is 58.6 Å². The summed E-state index contributed by atoms with van der Waals surface area (Å²) >= 11 is 0. The van der Waals surface area contributed by atoms with Crippen LogP contribution >= 0.6 is 0 Å². The van der Waals surface area contributed by atoms with Crippen LogP contribution in [0.1, 0.15) is 12.2 Å². The van der Waals surface area contributed by atoms with Gasteiger partial charge in [0.25, 0.3) is 0 Å². The van der Waals surface area contributed by atoms with Crippen molar-refractivity contribution in [1.29, 1.82) is 0 Å². The van der Waals surface area contributed by atoms with Gasteiger partial charge in [0.05, 0.1) is 17.2 Å². The Morgan fingerprint density at radius 3 is 2.71 bits per heavy atom. The number of aryl methyl sites for hydroxylation is 2. The van der Waals surface area contributed by atoms with Crippen LogP contribution in [0.4, 0.5) is 10.6 Å². The van der Waals surface area contributed by atoms with Crippen molar-refractivity contribution in [2.75, 3.05) is 37.6 Å². The second-order valence-corrected chi connectivity index (χ2v) is 6.95. The summed E-state index contributed by atoms with van der Waals surface area (Å²) in [5, 5.41) is 3.03. The number of hydrogen-bond acceptors (Lipinski definition) is 5. The van der Waals surface area contributed by atoms with E-state index in [2.05, 4.69) is 35.8 Å². The number of nitrogens with one attached hydrogen (secondary N) is 1. The second-order valence-electron chi connectivity index (χ2n) is 6.95. The Hall–Kier alpha value is -3.16. The quantitative estimate of drug-likeness (QED) is 0.684. The number of fused-ring (bicyclic) bond motifs is 1. The predicted molar refractivity (Wildman–Crippen MR) is 108 cm³/mol. The molecule has 0 radical (unpaired) electrons. The predicted octanol–water partition coefficient (Wildman–Crippen LogP) is 1.83. The lowest BCUT2D eigenvalue weighted by Crippen LogP contribution is -2.52. The zero-order valence-electron chi connectivity index (χ0n) is 16.1. The van der Waals surface area contributed by atoms with Gasteiger partial charge in [-0.3, -0.25) is 4.98 Å². The van der Waals surface area contributed by atoms with Crippen LogP contribution < -0.4 is 10.2 Å². The van der Waals surface area contributed by atoms with E-state index in [1.165, 1.54) is 0 Å². The summed E-state index contributed by atoms with van der Waals surface area (Å²) in [7, 11) is 2.04. The molecule has 2 aromatic heterocycles. The number of imidazole rings is 1. The third kappa shape index (κ3) is 3.90. The molecule has 0 spiro atoms. The van der Waals surface area contributed by atoms with E-state index >= 15 is 0 Å². The maximum Gasteiger partial charge on any atom is 0.317 e. The Kier molecular flexibility index (Phi) is 5.36. The lowest BCUT2D eigenvalue weighted by molar-refractivity contribution is 0.194. The topological polar surface area (TPSA) is 79.2 Å². The van der Waals surface area contributed by atoms with Crippen LogP contribution in [0.5, 0.6) is 0 Å². The highest BCUT2D eigenvalue weighted by molar-refractivity contribution is 5.76. The number of carbonyl (C=O) groups excluding carboxylic acids is 1. The lowest BCUT2D eigenvalue weighted by Gasteiger charge is -2.35. The smallest absolute Gasteiger partial charge is 0.317 e. The van der Waals surface area contributed by atoms with Gasteiger partial charge in [-0.15, -0.1) is 0 Å². The first-order chi connectivity index (χ1) is 13.7. The molecule has 1 N–H and O–H groups in total. The van der Waals surface area contributed by atoms with Gasteiger partial charge in [0.1, 0.15) is 11.6 Å². The number of benzene rings is 1. The van der Waals surface area contributed by atoms with E-state index in [1.54, 1.807) is 18.6 Å². The molecule has 0 bridgehead atoms. The first kappa shape index (κ1) is 18.2. The molecule has 4 rings (SSSR count). The van der Waals surface area contributed by atoms with E-state index < -0.39 is 0 Å². The fraction of sp³-hybridized carbons (Fsp3) is 0.400. The van der Waals surface area contributed by atoms with Crippen molar-refractivity contribution in [2.45, 2.75) is 12.8 Å². The van der Waals surface area contributed by atoms with Crippen molar-refractivity contribution in [1.82, 2.24) is 29.7 Å². The zero-order valence-corrected chi connectivity index (χ0v) is 16.1. The summed E-state index contributed by atoms with van der Waals surface area (Å²) in [6.45, 7) is 3.56. The van der Waals surface area contributed by atoms with Crippen LogP contribution in [0.3, 0.4) is 0 Å². The Balaban J connectivity index is 1.21. The maximum absolute atomic E-state index is 12.4. The van der Waals surface area contributed by atoms with Crippen molar-refractivity contribution in [2.24, 2.45) is 7.05 Å². The SMILES string of the molecule is Cn1c(CCCNC(=O)N2CCN(c3cnccn3)CC2)nc2ccccc21. The van der Waals surface area contributed by atoms with Crippen LogP contribution in [-0.2, 0) is 13.5 Å². The molecule has 0 saturated carbocycles. The van der Waals surface area contributed by atoms with E-state index in [0.29, 0.717) is 19.6 Å². The maximum atomic E-state index is 12.4. The number of hydrogen-bond donors (Lipinski definition) is 1. The number of rotatable bonds is 5. The van der Waals surface area contributed by atoms with Crippen molar-refractivity contribution in [3.63, 3.8) is 0 Å². The molecular weight excluding hydrogens is 354 g/mol. The van der Waals surface area contributed by atoms with Crippen LogP contribution in [0, 0.1) is 0 Å². The van der Waals surface area contributed by atoms with Gasteiger partial charge in [-0.1, -0.05) is 12.1 Å². The number of anilines is 1. The average molecular weight is 379 g/mol. The van der Waals surface area contributed by atoms with E-state index in [4.69, 9.17) is 0 Å². The molecule has 0 atom stereocenters. The first-order valence-corrected chi connectivity index (χ1v) is 9.66. The molecular formula is C20H25N7O. The van der Waals surface area contributed by atoms with Gasteiger partial charge < -0.3 is 19.7 Å². The molecule has 1 fully saturated rings. The van der Waals surface area contributed by atoms with E-state index in [0.717, 1.165) is 48.6 Å². The molecule has 8 heteroatoms. The fourth-order valence-corrected chi connectivity index (χ4v) is 3.57. The minimum atomic E-state index is 0.00352. The number of urea groups is 1. The van der Waals surface area contributed by atoms with Crippen LogP contribution in [0.15, 0.2) is 42.9 Å². The fourth-order valence-electron chi connectivity index (χ4n) is 3.57. The van der Waals surface area contributed by atoms with E-state index in [9.17, 15) is 4.79 Å². The summed E-state index contributed by atoms with van der Waals surface area (Å²) < 4.78 is 2.13. The minimum Gasteiger partial charge on any atom is -0.352 e. The van der Waals surface area contributed by atoms with Crippen LogP contribution in [0.2, 0.25) is 0 Å². The Morgan fingerprint density at radius 2 is 1.96 bits per heavy atom. The third-order valence-corrected chi connectivity index (χ3v) is 5.17. The standard InChI is InChI=1S/C20H25N7O/c1-25-17-6-3-2-5-16(17)24-18(25)7-4-8-23-20(28)27-13-11-26(12-14-27)19-15-21-9-10-22-19/h2-3,5-6,9-10,15H,4,7-8,11-14H2,1H3,(H,23,28). The van der Waals surface area contributed by atoms with E-state index in [-0.39, 0.29) is 6.03 Å².